The molecule has 0 spiro atoms. The lowest BCUT2D eigenvalue weighted by Crippen LogP contribution is -2.43. The van der Waals surface area contributed by atoms with Crippen LogP contribution in [0, 0.1) is 0 Å². The van der Waals surface area contributed by atoms with Crippen LogP contribution in [0.5, 0.6) is 0 Å². The van der Waals surface area contributed by atoms with Gasteiger partial charge in [0.15, 0.2) is 0 Å². The number of halogens is 1. The van der Waals surface area contributed by atoms with Crippen molar-refractivity contribution in [2.45, 2.75) is 12.5 Å². The normalized spacial score (nSPS) is 14.2. The molecule has 9 heteroatoms. The van der Waals surface area contributed by atoms with Crippen molar-refractivity contribution in [3.05, 3.63) is 24.0 Å². The molecule has 0 aliphatic rings. The average Bonchev–Trinajstić information content (AvgIpc) is 2.88. The number of aromatic nitrogens is 5. The van der Waals surface area contributed by atoms with Crippen molar-refractivity contribution < 1.29 is 5.11 Å². The van der Waals surface area contributed by atoms with E-state index in [2.05, 4.69) is 25.3 Å². The molecule has 0 amide bonds. The Hall–Kier alpha value is -1.77. The summed E-state index contributed by atoms with van der Waals surface area (Å²) in [5.74, 6) is 0.667. The van der Waals surface area contributed by atoms with Crippen LogP contribution >= 0.6 is 11.6 Å². The number of hydrogen-bond donors (Lipinski definition) is 2. The minimum atomic E-state index is -0.919. The van der Waals surface area contributed by atoms with Gasteiger partial charge in [-0.15, -0.1) is 0 Å². The molecule has 21 heavy (non-hydrogen) atoms. The standard InChI is InChI=1S/C12H18ClN7O/c1-12(21,7-19(2)3)6-15-10-16-9(13)17-11(18-10)20-5-4-14-8-20/h4-5,8,21H,6-7H2,1-3H3,(H,15,16,17,18). The van der Waals surface area contributed by atoms with Gasteiger partial charge < -0.3 is 15.3 Å². The van der Waals surface area contributed by atoms with Gasteiger partial charge in [0.2, 0.25) is 17.2 Å². The number of nitrogens with zero attached hydrogens (tertiary/aromatic N) is 6. The van der Waals surface area contributed by atoms with Crippen molar-refractivity contribution in [3.63, 3.8) is 0 Å². The third-order valence-electron chi connectivity index (χ3n) is 2.62. The van der Waals surface area contributed by atoms with Crippen LogP contribution in [0.1, 0.15) is 6.92 Å². The van der Waals surface area contributed by atoms with Gasteiger partial charge in [-0.3, -0.25) is 4.57 Å². The van der Waals surface area contributed by atoms with Gasteiger partial charge in [0.05, 0.1) is 5.60 Å². The Morgan fingerprint density at radius 2 is 2.14 bits per heavy atom. The van der Waals surface area contributed by atoms with Crippen molar-refractivity contribution in [1.29, 1.82) is 0 Å². The van der Waals surface area contributed by atoms with E-state index in [1.807, 2.05) is 19.0 Å². The number of hydrogen-bond acceptors (Lipinski definition) is 7. The van der Waals surface area contributed by atoms with Crippen LogP contribution in [0.25, 0.3) is 5.95 Å². The van der Waals surface area contributed by atoms with E-state index in [0.29, 0.717) is 18.4 Å². The minimum Gasteiger partial charge on any atom is -0.387 e. The Balaban J connectivity index is 2.10. The van der Waals surface area contributed by atoms with Crippen LogP contribution in [0.2, 0.25) is 5.28 Å². The van der Waals surface area contributed by atoms with Gasteiger partial charge in [-0.05, 0) is 32.6 Å². The van der Waals surface area contributed by atoms with Crippen molar-refractivity contribution in [2.24, 2.45) is 0 Å². The fraction of sp³-hybridized carbons (Fsp3) is 0.500. The Kier molecular flexibility index (Phi) is 4.71. The first kappa shape index (κ1) is 15.6. The van der Waals surface area contributed by atoms with E-state index in [1.165, 1.54) is 0 Å². The summed E-state index contributed by atoms with van der Waals surface area (Å²) >= 11 is 5.89. The van der Waals surface area contributed by atoms with E-state index in [1.54, 1.807) is 30.2 Å². The fourth-order valence-corrected chi connectivity index (χ4v) is 2.07. The third kappa shape index (κ3) is 4.62. The zero-order valence-corrected chi connectivity index (χ0v) is 12.9. The predicted molar refractivity (Wildman–Crippen MR) is 79.6 cm³/mol. The molecule has 8 nitrogen and oxygen atoms in total. The van der Waals surface area contributed by atoms with Crippen molar-refractivity contribution >= 4 is 17.5 Å². The molecule has 2 aromatic heterocycles. The second-order valence-electron chi connectivity index (χ2n) is 5.29. The van der Waals surface area contributed by atoms with Crippen LogP contribution in [-0.2, 0) is 0 Å². The fourth-order valence-electron chi connectivity index (χ4n) is 1.92. The molecule has 0 saturated heterocycles. The molecular formula is C12H18ClN7O. The Labute approximate surface area is 127 Å². The lowest BCUT2D eigenvalue weighted by atomic mass is 10.1. The number of imidazole rings is 1. The van der Waals surface area contributed by atoms with Crippen molar-refractivity contribution in [2.75, 3.05) is 32.5 Å². The predicted octanol–water partition coefficient (Wildman–Crippen LogP) is 0.435. The molecule has 2 heterocycles. The zero-order chi connectivity index (χ0) is 15.5. The first-order valence-electron chi connectivity index (χ1n) is 6.37. The van der Waals surface area contributed by atoms with E-state index in [-0.39, 0.29) is 11.8 Å². The molecule has 1 unspecified atom stereocenters. The summed E-state index contributed by atoms with van der Waals surface area (Å²) in [6, 6.07) is 0. The van der Waals surface area contributed by atoms with E-state index in [9.17, 15) is 5.11 Å². The molecule has 2 N–H and O–H groups in total. The summed E-state index contributed by atoms with van der Waals surface area (Å²) < 4.78 is 1.62. The largest absolute Gasteiger partial charge is 0.387 e. The Morgan fingerprint density at radius 1 is 1.38 bits per heavy atom. The van der Waals surface area contributed by atoms with Crippen LogP contribution in [0.4, 0.5) is 5.95 Å². The SMILES string of the molecule is CN(C)CC(C)(O)CNc1nc(Cl)nc(-n2ccnc2)n1. The quantitative estimate of drug-likeness (QED) is 0.799. The lowest BCUT2D eigenvalue weighted by molar-refractivity contribution is 0.0458. The average molecular weight is 312 g/mol. The molecule has 2 rings (SSSR count). The molecule has 0 saturated carbocycles. The Bertz CT molecular complexity index is 585. The van der Waals surface area contributed by atoms with Gasteiger partial charge in [-0.25, -0.2) is 4.98 Å². The maximum Gasteiger partial charge on any atom is 0.241 e. The maximum atomic E-state index is 10.2. The monoisotopic (exact) mass is 311 g/mol. The van der Waals surface area contributed by atoms with E-state index in [0.717, 1.165) is 0 Å². The first-order valence-corrected chi connectivity index (χ1v) is 6.74. The van der Waals surface area contributed by atoms with Crippen LogP contribution in [0.15, 0.2) is 18.7 Å². The molecule has 0 radical (unpaired) electrons. The number of anilines is 1. The smallest absolute Gasteiger partial charge is 0.241 e. The van der Waals surface area contributed by atoms with Gasteiger partial charge in [-0.2, -0.15) is 15.0 Å². The van der Waals surface area contributed by atoms with Gasteiger partial charge in [0.1, 0.15) is 6.33 Å². The van der Waals surface area contributed by atoms with Gasteiger partial charge in [0, 0.05) is 25.5 Å². The van der Waals surface area contributed by atoms with E-state index in [4.69, 9.17) is 11.6 Å². The van der Waals surface area contributed by atoms with Crippen LogP contribution < -0.4 is 5.32 Å². The summed E-state index contributed by atoms with van der Waals surface area (Å²) in [5, 5.41) is 13.3. The second kappa shape index (κ2) is 6.33. The van der Waals surface area contributed by atoms with E-state index < -0.39 is 5.60 Å². The molecule has 1 atom stereocenters. The zero-order valence-electron chi connectivity index (χ0n) is 12.2. The van der Waals surface area contributed by atoms with Gasteiger partial charge in [-0.1, -0.05) is 0 Å². The Morgan fingerprint density at radius 3 is 2.76 bits per heavy atom. The summed E-state index contributed by atoms with van der Waals surface area (Å²) in [4.78, 5) is 18.1. The van der Waals surface area contributed by atoms with Gasteiger partial charge >= 0.3 is 0 Å². The molecule has 0 aliphatic carbocycles. The summed E-state index contributed by atoms with van der Waals surface area (Å²) in [6.45, 7) is 2.53. The highest BCUT2D eigenvalue weighted by Crippen LogP contribution is 2.11. The number of nitrogens with one attached hydrogen (secondary N) is 1. The van der Waals surface area contributed by atoms with Crippen molar-refractivity contribution in [1.82, 2.24) is 29.4 Å². The second-order valence-corrected chi connectivity index (χ2v) is 5.62. The number of aliphatic hydroxyl groups is 1. The van der Waals surface area contributed by atoms with E-state index >= 15 is 0 Å². The number of rotatable bonds is 6. The molecule has 0 aliphatic heterocycles. The highest BCUT2D eigenvalue weighted by atomic mass is 35.5. The lowest BCUT2D eigenvalue weighted by Gasteiger charge is -2.27. The van der Waals surface area contributed by atoms with Gasteiger partial charge in [0.25, 0.3) is 0 Å². The highest BCUT2D eigenvalue weighted by Gasteiger charge is 2.21. The molecule has 0 aromatic carbocycles. The molecule has 114 valence electrons. The summed E-state index contributed by atoms with van der Waals surface area (Å²) in [7, 11) is 3.79. The topological polar surface area (TPSA) is 92.0 Å². The van der Waals surface area contributed by atoms with Crippen LogP contribution in [0.3, 0.4) is 0 Å². The third-order valence-corrected chi connectivity index (χ3v) is 2.78. The van der Waals surface area contributed by atoms with Crippen LogP contribution in [-0.4, -0.2) is 67.3 Å². The molecule has 2 aromatic rings. The maximum absolute atomic E-state index is 10.2. The summed E-state index contributed by atoms with van der Waals surface area (Å²) in [6.07, 6.45) is 4.89. The highest BCUT2D eigenvalue weighted by molar-refractivity contribution is 6.28. The molecular weight excluding hydrogens is 294 g/mol. The summed E-state index contributed by atoms with van der Waals surface area (Å²) in [5.41, 5.74) is -0.919. The number of likely N-dealkylation sites (N-methyl/N-ethyl adjacent to an activating group) is 1. The molecule has 0 fully saturated rings. The first-order chi connectivity index (χ1) is 9.85. The van der Waals surface area contributed by atoms with Crippen molar-refractivity contribution in [3.8, 4) is 5.95 Å². The molecule has 0 bridgehead atoms. The minimum absolute atomic E-state index is 0.0726.